The van der Waals surface area contributed by atoms with E-state index in [4.69, 9.17) is 0 Å². The summed E-state index contributed by atoms with van der Waals surface area (Å²) in [6.07, 6.45) is -1.20. The van der Waals surface area contributed by atoms with Crippen LogP contribution in [0.25, 0.3) is 0 Å². The third-order valence-corrected chi connectivity index (χ3v) is 6.97. The molecule has 0 bridgehead atoms. The van der Waals surface area contributed by atoms with E-state index in [1.807, 2.05) is 12.1 Å². The summed E-state index contributed by atoms with van der Waals surface area (Å²) in [6.45, 7) is 0.355. The lowest BCUT2D eigenvalue weighted by atomic mass is 9.79. The van der Waals surface area contributed by atoms with Crippen molar-refractivity contribution in [3.8, 4) is 0 Å². The number of amides is 2. The van der Waals surface area contributed by atoms with Crippen molar-refractivity contribution in [2.45, 2.75) is 55.6 Å². The molecular formula is C25H29F3N4O4. The van der Waals surface area contributed by atoms with Crippen LogP contribution in [0.2, 0.25) is 0 Å². The predicted octanol–water partition coefficient (Wildman–Crippen LogP) is 1.82. The molecule has 4 rings (SSSR count). The molecule has 1 aromatic carbocycles. The molecule has 2 heterocycles. The minimum atomic E-state index is -4.58. The van der Waals surface area contributed by atoms with E-state index >= 15 is 0 Å². The second kappa shape index (κ2) is 10.5. The summed E-state index contributed by atoms with van der Waals surface area (Å²) in [5.41, 5.74) is -1.47. The molecule has 0 spiro atoms. The number of aliphatic hydroxyl groups excluding tert-OH is 1. The lowest BCUT2D eigenvalue weighted by molar-refractivity contribution is -0.137. The van der Waals surface area contributed by atoms with Crippen LogP contribution < -0.4 is 10.6 Å². The van der Waals surface area contributed by atoms with Crippen LogP contribution in [-0.2, 0) is 16.6 Å². The summed E-state index contributed by atoms with van der Waals surface area (Å²) >= 11 is 0. The number of hydrogen-bond donors (Lipinski definition) is 4. The van der Waals surface area contributed by atoms with Gasteiger partial charge in [0.2, 0.25) is 5.91 Å². The Morgan fingerprint density at radius 3 is 2.53 bits per heavy atom. The van der Waals surface area contributed by atoms with E-state index in [1.54, 1.807) is 12.3 Å². The summed E-state index contributed by atoms with van der Waals surface area (Å²) in [6, 6.07) is 9.02. The van der Waals surface area contributed by atoms with E-state index in [1.165, 1.54) is 6.07 Å². The number of β-amino-alcohol motifs (C(OH)–C–C–N with tert-alkyl or cyclic N) is 1. The third-order valence-electron chi connectivity index (χ3n) is 6.97. The van der Waals surface area contributed by atoms with Crippen LogP contribution in [0.5, 0.6) is 0 Å². The Balaban J connectivity index is 1.25. The standard InChI is InChI=1S/C25H29F3N4O4/c26-25(27,28)17-5-3-4-16(12-17)23(35)30-13-22(34)31-19-14-32(15-20(19)33)18-7-9-24(36,10-8-18)21-6-1-2-11-29-21/h1-6,11-12,18-20,33,36H,7-10,13-15H2,(H,30,35)(H,31,34)/t18?,19?,20-,24?/m0/s1. The van der Waals surface area contributed by atoms with E-state index in [0.29, 0.717) is 44.5 Å². The highest BCUT2D eigenvalue weighted by Gasteiger charge is 2.41. The van der Waals surface area contributed by atoms with Gasteiger partial charge in [-0.1, -0.05) is 12.1 Å². The summed E-state index contributed by atoms with van der Waals surface area (Å²) in [5.74, 6) is -1.35. The SMILES string of the molecule is O=C(CNC(=O)c1cccc(C(F)(F)F)c1)NC1CN(C2CCC(O)(c3ccccn3)CC2)C[C@@H]1O. The average molecular weight is 507 g/mol. The Morgan fingerprint density at radius 2 is 1.86 bits per heavy atom. The fraction of sp³-hybridized carbons (Fsp3) is 0.480. The van der Waals surface area contributed by atoms with Crippen molar-refractivity contribution in [1.29, 1.82) is 0 Å². The number of rotatable bonds is 6. The van der Waals surface area contributed by atoms with Crippen molar-refractivity contribution in [3.63, 3.8) is 0 Å². The first-order valence-corrected chi connectivity index (χ1v) is 11.9. The number of benzene rings is 1. The van der Waals surface area contributed by atoms with E-state index in [2.05, 4.69) is 20.5 Å². The summed E-state index contributed by atoms with van der Waals surface area (Å²) < 4.78 is 38.6. The van der Waals surface area contributed by atoms with E-state index in [0.717, 1.165) is 18.2 Å². The van der Waals surface area contributed by atoms with Crippen LogP contribution in [0.1, 0.15) is 47.3 Å². The smallest absolute Gasteiger partial charge is 0.390 e. The first-order chi connectivity index (χ1) is 17.0. The van der Waals surface area contributed by atoms with E-state index in [9.17, 15) is 33.0 Å². The lowest BCUT2D eigenvalue weighted by Crippen LogP contribution is -2.47. The number of pyridine rings is 1. The van der Waals surface area contributed by atoms with Crippen molar-refractivity contribution < 1.29 is 33.0 Å². The molecule has 1 saturated carbocycles. The van der Waals surface area contributed by atoms with Gasteiger partial charge in [0.05, 0.1) is 29.9 Å². The number of likely N-dealkylation sites (tertiary alicyclic amines) is 1. The average Bonchev–Trinajstić information content (AvgIpc) is 3.22. The van der Waals surface area contributed by atoms with Gasteiger partial charge in [-0.3, -0.25) is 19.5 Å². The van der Waals surface area contributed by atoms with Crippen molar-refractivity contribution in [2.75, 3.05) is 19.6 Å². The monoisotopic (exact) mass is 506 g/mol. The topological polar surface area (TPSA) is 115 Å². The normalized spacial score (nSPS) is 27.0. The molecule has 36 heavy (non-hydrogen) atoms. The second-order valence-corrected chi connectivity index (χ2v) is 9.43. The first kappa shape index (κ1) is 26.1. The highest BCUT2D eigenvalue weighted by atomic mass is 19.4. The second-order valence-electron chi connectivity index (χ2n) is 9.43. The fourth-order valence-electron chi connectivity index (χ4n) is 4.95. The molecule has 11 heteroatoms. The molecule has 4 N–H and O–H groups in total. The van der Waals surface area contributed by atoms with Gasteiger partial charge in [-0.25, -0.2) is 0 Å². The van der Waals surface area contributed by atoms with E-state index in [-0.39, 0.29) is 11.6 Å². The number of nitrogens with zero attached hydrogens (tertiary/aromatic N) is 2. The Bertz CT molecular complexity index is 1070. The maximum Gasteiger partial charge on any atom is 0.416 e. The number of aliphatic hydroxyl groups is 2. The number of alkyl halides is 3. The number of nitrogens with one attached hydrogen (secondary N) is 2. The van der Waals surface area contributed by atoms with Crippen molar-refractivity contribution >= 4 is 11.8 Å². The largest absolute Gasteiger partial charge is 0.416 e. The molecule has 1 aliphatic heterocycles. The highest BCUT2D eigenvalue weighted by molar-refractivity contribution is 5.96. The van der Waals surface area contributed by atoms with Crippen LogP contribution >= 0.6 is 0 Å². The van der Waals surface area contributed by atoms with Crippen LogP contribution in [0.4, 0.5) is 13.2 Å². The molecule has 194 valence electrons. The zero-order valence-corrected chi connectivity index (χ0v) is 19.5. The fourth-order valence-corrected chi connectivity index (χ4v) is 4.95. The third kappa shape index (κ3) is 6.03. The van der Waals surface area contributed by atoms with Gasteiger partial charge in [0.1, 0.15) is 5.60 Å². The number of carbonyl (C=O) groups excluding carboxylic acids is 2. The minimum Gasteiger partial charge on any atom is -0.390 e. The summed E-state index contributed by atoms with van der Waals surface area (Å²) in [5, 5.41) is 26.5. The highest BCUT2D eigenvalue weighted by Crippen LogP contribution is 2.38. The van der Waals surface area contributed by atoms with E-state index < -0.39 is 47.8 Å². The molecule has 2 amide bonds. The van der Waals surface area contributed by atoms with Gasteiger partial charge in [0, 0.05) is 30.9 Å². The Hall–Kier alpha value is -3.02. The Labute approximate surface area is 206 Å². The molecule has 1 saturated heterocycles. The van der Waals surface area contributed by atoms with Gasteiger partial charge in [-0.15, -0.1) is 0 Å². The zero-order chi connectivity index (χ0) is 25.9. The van der Waals surface area contributed by atoms with Gasteiger partial charge in [-0.2, -0.15) is 13.2 Å². The van der Waals surface area contributed by atoms with Crippen LogP contribution in [0.3, 0.4) is 0 Å². The molecule has 2 aromatic rings. The van der Waals surface area contributed by atoms with Crippen LogP contribution in [0, 0.1) is 0 Å². The van der Waals surface area contributed by atoms with Crippen molar-refractivity contribution in [2.24, 2.45) is 0 Å². The number of halogens is 3. The molecule has 2 fully saturated rings. The molecule has 1 unspecified atom stereocenters. The number of hydrogen-bond acceptors (Lipinski definition) is 6. The van der Waals surface area contributed by atoms with Gasteiger partial charge < -0.3 is 20.8 Å². The van der Waals surface area contributed by atoms with Crippen molar-refractivity contribution in [3.05, 3.63) is 65.5 Å². The zero-order valence-electron chi connectivity index (χ0n) is 19.5. The Morgan fingerprint density at radius 1 is 1.11 bits per heavy atom. The van der Waals surface area contributed by atoms with Gasteiger partial charge in [0.15, 0.2) is 0 Å². The minimum absolute atomic E-state index is 0.145. The van der Waals surface area contributed by atoms with Gasteiger partial charge in [0.25, 0.3) is 5.91 Å². The maximum absolute atomic E-state index is 12.9. The molecule has 8 nitrogen and oxygen atoms in total. The number of carbonyl (C=O) groups is 2. The molecule has 1 aromatic heterocycles. The summed E-state index contributed by atoms with van der Waals surface area (Å²) in [7, 11) is 0. The maximum atomic E-state index is 12.9. The first-order valence-electron chi connectivity index (χ1n) is 11.9. The summed E-state index contributed by atoms with van der Waals surface area (Å²) in [4.78, 5) is 30.9. The Kier molecular flexibility index (Phi) is 7.62. The van der Waals surface area contributed by atoms with Gasteiger partial charge >= 0.3 is 6.18 Å². The van der Waals surface area contributed by atoms with Crippen LogP contribution in [-0.4, -0.2) is 69.7 Å². The molecular weight excluding hydrogens is 477 g/mol. The quantitative estimate of drug-likeness (QED) is 0.475. The molecule has 2 atom stereocenters. The molecule has 1 aliphatic carbocycles. The predicted molar refractivity (Wildman–Crippen MR) is 124 cm³/mol. The lowest BCUT2D eigenvalue weighted by Gasteiger charge is -2.39. The van der Waals surface area contributed by atoms with Gasteiger partial charge in [-0.05, 0) is 56.0 Å². The van der Waals surface area contributed by atoms with Crippen molar-refractivity contribution in [1.82, 2.24) is 20.5 Å². The molecule has 2 aliphatic rings. The van der Waals surface area contributed by atoms with Crippen LogP contribution in [0.15, 0.2) is 48.7 Å². The molecule has 0 radical (unpaired) electrons. The number of aromatic nitrogens is 1.